The van der Waals surface area contributed by atoms with Gasteiger partial charge in [-0.05, 0) is 19.3 Å². The van der Waals surface area contributed by atoms with Crippen LogP contribution in [0.15, 0.2) is 0 Å². The van der Waals surface area contributed by atoms with Gasteiger partial charge in [-0.3, -0.25) is 0 Å². The summed E-state index contributed by atoms with van der Waals surface area (Å²) in [5.74, 6) is 0.394. The third kappa shape index (κ3) is 1.36. The summed E-state index contributed by atoms with van der Waals surface area (Å²) in [7, 11) is 0. The Bertz CT molecular complexity index is 64.9. The maximum Gasteiger partial charge on any atom is 0.0632 e. The molecular formula is C6H10ClO. The van der Waals surface area contributed by atoms with Gasteiger partial charge in [-0.1, -0.05) is 0 Å². The van der Waals surface area contributed by atoms with E-state index in [2.05, 4.69) is 6.92 Å². The average Bonchev–Trinajstić information content (AvgIpc) is 1.77. The predicted molar refractivity (Wildman–Crippen MR) is 33.9 cm³/mol. The standard InChI is InChI=1S/C6H10ClO/c1-5-2-3-8-4-6(5)7/h5-6H,1-4H2. The topological polar surface area (TPSA) is 9.23 Å². The highest BCUT2D eigenvalue weighted by Crippen LogP contribution is 2.18. The molecule has 2 atom stereocenters. The number of hydrogen-bond acceptors (Lipinski definition) is 1. The molecule has 8 heavy (non-hydrogen) atoms. The highest BCUT2D eigenvalue weighted by molar-refractivity contribution is 6.21. The van der Waals surface area contributed by atoms with Crippen LogP contribution >= 0.6 is 11.6 Å². The highest BCUT2D eigenvalue weighted by Gasteiger charge is 2.18. The Hall–Kier alpha value is 0.250. The van der Waals surface area contributed by atoms with E-state index in [9.17, 15) is 0 Å². The molecule has 47 valence electrons. The second kappa shape index (κ2) is 2.70. The lowest BCUT2D eigenvalue weighted by Crippen LogP contribution is -2.25. The van der Waals surface area contributed by atoms with Gasteiger partial charge < -0.3 is 4.74 Å². The zero-order valence-electron chi connectivity index (χ0n) is 4.77. The first-order chi connectivity index (χ1) is 3.80. The molecule has 1 saturated heterocycles. The van der Waals surface area contributed by atoms with Crippen LogP contribution in [0.5, 0.6) is 0 Å². The molecule has 1 heterocycles. The van der Waals surface area contributed by atoms with Gasteiger partial charge >= 0.3 is 0 Å². The van der Waals surface area contributed by atoms with E-state index in [-0.39, 0.29) is 5.38 Å². The molecule has 0 N–H and O–H groups in total. The summed E-state index contributed by atoms with van der Waals surface area (Å²) in [6.07, 6.45) is 1.01. The molecule has 1 radical (unpaired) electrons. The van der Waals surface area contributed by atoms with Gasteiger partial charge in [0, 0.05) is 6.61 Å². The van der Waals surface area contributed by atoms with Crippen LogP contribution in [0.3, 0.4) is 0 Å². The van der Waals surface area contributed by atoms with Crippen molar-refractivity contribution in [3.63, 3.8) is 0 Å². The molecule has 1 aliphatic heterocycles. The van der Waals surface area contributed by atoms with E-state index in [1.165, 1.54) is 0 Å². The number of halogens is 1. The predicted octanol–water partition coefficient (Wildman–Crippen LogP) is 1.46. The molecule has 0 aromatic carbocycles. The number of alkyl halides is 1. The van der Waals surface area contributed by atoms with Crippen molar-refractivity contribution in [2.24, 2.45) is 5.92 Å². The summed E-state index contributed by atoms with van der Waals surface area (Å²) >= 11 is 5.78. The van der Waals surface area contributed by atoms with Crippen LogP contribution in [-0.2, 0) is 4.74 Å². The van der Waals surface area contributed by atoms with E-state index >= 15 is 0 Å². The van der Waals surface area contributed by atoms with Gasteiger partial charge in [-0.2, -0.15) is 0 Å². The molecule has 0 saturated carbocycles. The molecule has 1 aliphatic rings. The van der Waals surface area contributed by atoms with Crippen molar-refractivity contribution in [3.05, 3.63) is 6.92 Å². The first-order valence-corrected chi connectivity index (χ1v) is 3.29. The zero-order valence-corrected chi connectivity index (χ0v) is 5.53. The fraction of sp³-hybridized carbons (Fsp3) is 0.833. The third-order valence-corrected chi connectivity index (χ3v) is 1.90. The van der Waals surface area contributed by atoms with Gasteiger partial charge in [0.1, 0.15) is 0 Å². The van der Waals surface area contributed by atoms with Crippen molar-refractivity contribution in [1.29, 1.82) is 0 Å². The van der Waals surface area contributed by atoms with Gasteiger partial charge in [0.2, 0.25) is 0 Å². The molecule has 1 nitrogen and oxygen atoms in total. The summed E-state index contributed by atoms with van der Waals surface area (Å²) in [6, 6.07) is 0. The number of hydrogen-bond donors (Lipinski definition) is 0. The quantitative estimate of drug-likeness (QED) is 0.455. The van der Waals surface area contributed by atoms with Crippen LogP contribution in [-0.4, -0.2) is 18.6 Å². The summed E-state index contributed by atoms with van der Waals surface area (Å²) in [5, 5.41) is 0.142. The lowest BCUT2D eigenvalue weighted by Gasteiger charge is -2.22. The van der Waals surface area contributed by atoms with Crippen LogP contribution < -0.4 is 0 Å². The van der Waals surface area contributed by atoms with E-state index in [1.807, 2.05) is 0 Å². The molecule has 2 heteroatoms. The minimum Gasteiger partial charge on any atom is -0.380 e. The van der Waals surface area contributed by atoms with Crippen LogP contribution in [0.2, 0.25) is 0 Å². The normalized spacial score (nSPS) is 39.8. The highest BCUT2D eigenvalue weighted by atomic mass is 35.5. The second-order valence-electron chi connectivity index (χ2n) is 2.14. The van der Waals surface area contributed by atoms with Gasteiger partial charge in [0.25, 0.3) is 0 Å². The summed E-state index contributed by atoms with van der Waals surface area (Å²) in [4.78, 5) is 0. The van der Waals surface area contributed by atoms with Crippen LogP contribution in [0.4, 0.5) is 0 Å². The fourth-order valence-electron chi connectivity index (χ4n) is 0.748. The molecule has 0 amide bonds. The molecule has 0 spiro atoms. The Kier molecular flexibility index (Phi) is 2.15. The van der Waals surface area contributed by atoms with Crippen molar-refractivity contribution in [2.45, 2.75) is 11.8 Å². The summed E-state index contributed by atoms with van der Waals surface area (Å²) in [6.45, 7) is 5.37. The molecule has 0 aliphatic carbocycles. The first-order valence-electron chi connectivity index (χ1n) is 2.85. The zero-order chi connectivity index (χ0) is 5.98. The molecule has 1 rings (SSSR count). The van der Waals surface area contributed by atoms with Gasteiger partial charge in [0.15, 0.2) is 0 Å². The van der Waals surface area contributed by atoms with Crippen molar-refractivity contribution in [1.82, 2.24) is 0 Å². The van der Waals surface area contributed by atoms with Crippen LogP contribution in [0.1, 0.15) is 6.42 Å². The Morgan fingerprint density at radius 2 is 2.38 bits per heavy atom. The smallest absolute Gasteiger partial charge is 0.0632 e. The Morgan fingerprint density at radius 1 is 1.62 bits per heavy atom. The van der Waals surface area contributed by atoms with Crippen molar-refractivity contribution >= 4 is 11.6 Å². The van der Waals surface area contributed by atoms with Crippen molar-refractivity contribution in [2.75, 3.05) is 13.2 Å². The first kappa shape index (κ1) is 6.37. The SMILES string of the molecule is [CH2]C1CCOCC1Cl. The van der Waals surface area contributed by atoms with E-state index in [4.69, 9.17) is 16.3 Å². The lowest BCUT2D eigenvalue weighted by atomic mass is 10.0. The number of rotatable bonds is 0. The van der Waals surface area contributed by atoms with E-state index < -0.39 is 0 Å². The van der Waals surface area contributed by atoms with Crippen LogP contribution in [0.25, 0.3) is 0 Å². The third-order valence-electron chi connectivity index (χ3n) is 1.42. The van der Waals surface area contributed by atoms with Gasteiger partial charge in [0.05, 0.1) is 12.0 Å². The Labute approximate surface area is 55.0 Å². The molecule has 0 aromatic heterocycles. The second-order valence-corrected chi connectivity index (χ2v) is 2.70. The fourth-order valence-corrected chi connectivity index (χ4v) is 0.963. The van der Waals surface area contributed by atoms with E-state index in [0.717, 1.165) is 13.0 Å². The molecular weight excluding hydrogens is 124 g/mol. The van der Waals surface area contributed by atoms with Crippen LogP contribution in [0, 0.1) is 12.8 Å². The van der Waals surface area contributed by atoms with Gasteiger partial charge in [-0.25, -0.2) is 0 Å². The van der Waals surface area contributed by atoms with Crippen molar-refractivity contribution in [3.8, 4) is 0 Å². The molecule has 0 aromatic rings. The Balaban J connectivity index is 2.28. The largest absolute Gasteiger partial charge is 0.380 e. The molecule has 0 bridgehead atoms. The maximum absolute atomic E-state index is 5.78. The van der Waals surface area contributed by atoms with E-state index in [1.54, 1.807) is 0 Å². The minimum atomic E-state index is 0.142. The minimum absolute atomic E-state index is 0.142. The summed E-state index contributed by atoms with van der Waals surface area (Å²) < 4.78 is 5.08. The lowest BCUT2D eigenvalue weighted by molar-refractivity contribution is 0.0813. The maximum atomic E-state index is 5.78. The monoisotopic (exact) mass is 133 g/mol. The molecule has 1 fully saturated rings. The summed E-state index contributed by atoms with van der Waals surface area (Å²) in [5.41, 5.74) is 0. The average molecular weight is 134 g/mol. The van der Waals surface area contributed by atoms with E-state index in [0.29, 0.717) is 12.5 Å². The number of ether oxygens (including phenoxy) is 1. The molecule has 2 unspecified atom stereocenters. The van der Waals surface area contributed by atoms with Crippen molar-refractivity contribution < 1.29 is 4.74 Å². The Morgan fingerprint density at radius 3 is 2.75 bits per heavy atom. The van der Waals surface area contributed by atoms with Gasteiger partial charge in [-0.15, -0.1) is 11.6 Å².